The first-order valence-electron chi connectivity index (χ1n) is 6.08. The number of hydrogen-bond acceptors (Lipinski definition) is 4. The molecule has 6 nitrogen and oxygen atoms in total. The maximum absolute atomic E-state index is 11.5. The van der Waals surface area contributed by atoms with Crippen molar-refractivity contribution in [1.29, 1.82) is 0 Å². The zero-order valence-electron chi connectivity index (χ0n) is 10.7. The van der Waals surface area contributed by atoms with E-state index in [0.29, 0.717) is 17.9 Å². The molecule has 18 heavy (non-hydrogen) atoms. The summed E-state index contributed by atoms with van der Waals surface area (Å²) in [7, 11) is -3.71. The fourth-order valence-electron chi connectivity index (χ4n) is 2.41. The third kappa shape index (κ3) is 2.73. The lowest BCUT2D eigenvalue weighted by Gasteiger charge is -2.22. The van der Waals surface area contributed by atoms with Gasteiger partial charge < -0.3 is 4.74 Å². The van der Waals surface area contributed by atoms with Crippen LogP contribution < -0.4 is 5.14 Å². The normalized spacial score (nSPS) is 21.2. The molecule has 7 heteroatoms. The monoisotopic (exact) mass is 273 g/mol. The number of hydrogen-bond donors (Lipinski definition) is 1. The number of aryl methyl sites for hydroxylation is 1. The zero-order chi connectivity index (χ0) is 13.3. The highest BCUT2D eigenvalue weighted by Crippen LogP contribution is 2.20. The molecule has 1 atom stereocenters. The minimum absolute atomic E-state index is 0.116. The van der Waals surface area contributed by atoms with Gasteiger partial charge >= 0.3 is 0 Å². The van der Waals surface area contributed by atoms with Gasteiger partial charge in [0, 0.05) is 6.61 Å². The standard InChI is InChI=1S/C11H19N3O3S/c1-8-11(18(12,15)16)9(2)14(13-8)7-10-5-3-4-6-17-10/h10H,3-7H2,1-2H3,(H2,12,15,16). The van der Waals surface area contributed by atoms with Crippen LogP contribution in [-0.2, 0) is 21.3 Å². The van der Waals surface area contributed by atoms with E-state index in [1.807, 2.05) is 0 Å². The number of aromatic nitrogens is 2. The first-order valence-corrected chi connectivity index (χ1v) is 7.62. The van der Waals surface area contributed by atoms with Gasteiger partial charge in [-0.15, -0.1) is 0 Å². The molecule has 2 heterocycles. The molecule has 0 spiro atoms. The van der Waals surface area contributed by atoms with Gasteiger partial charge in [-0.25, -0.2) is 13.6 Å². The van der Waals surface area contributed by atoms with E-state index in [-0.39, 0.29) is 11.0 Å². The maximum atomic E-state index is 11.5. The molecule has 0 amide bonds. The lowest BCUT2D eigenvalue weighted by Crippen LogP contribution is -2.25. The molecule has 1 aromatic heterocycles. The van der Waals surface area contributed by atoms with Crippen LogP contribution in [-0.4, -0.2) is 30.9 Å². The minimum atomic E-state index is -3.71. The molecule has 1 unspecified atom stereocenters. The molecule has 0 aromatic carbocycles. The quantitative estimate of drug-likeness (QED) is 0.879. The van der Waals surface area contributed by atoms with Crippen molar-refractivity contribution in [1.82, 2.24) is 9.78 Å². The molecule has 0 saturated carbocycles. The van der Waals surface area contributed by atoms with E-state index >= 15 is 0 Å². The van der Waals surface area contributed by atoms with Crippen LogP contribution in [0, 0.1) is 13.8 Å². The van der Waals surface area contributed by atoms with E-state index in [1.165, 1.54) is 0 Å². The minimum Gasteiger partial charge on any atom is -0.376 e. The Balaban J connectivity index is 2.24. The van der Waals surface area contributed by atoms with Gasteiger partial charge in [-0.05, 0) is 33.1 Å². The Bertz CT molecular complexity index is 530. The predicted molar refractivity (Wildman–Crippen MR) is 66.7 cm³/mol. The summed E-state index contributed by atoms with van der Waals surface area (Å²) in [6.45, 7) is 4.74. The highest BCUT2D eigenvalue weighted by molar-refractivity contribution is 7.89. The van der Waals surface area contributed by atoms with E-state index < -0.39 is 10.0 Å². The Morgan fingerprint density at radius 1 is 1.44 bits per heavy atom. The topological polar surface area (TPSA) is 87.2 Å². The van der Waals surface area contributed by atoms with Crippen LogP contribution in [0.15, 0.2) is 4.90 Å². The van der Waals surface area contributed by atoms with Crippen LogP contribution in [0.3, 0.4) is 0 Å². The fraction of sp³-hybridized carbons (Fsp3) is 0.727. The SMILES string of the molecule is Cc1nn(CC2CCCCO2)c(C)c1S(N)(=O)=O. The number of rotatable bonds is 3. The summed E-state index contributed by atoms with van der Waals surface area (Å²) in [6.07, 6.45) is 3.34. The van der Waals surface area contributed by atoms with Crippen LogP contribution in [0.25, 0.3) is 0 Å². The fourth-order valence-corrected chi connectivity index (χ4v) is 3.38. The molecular formula is C11H19N3O3S. The van der Waals surface area contributed by atoms with Crippen molar-refractivity contribution < 1.29 is 13.2 Å². The Kier molecular flexibility index (Phi) is 3.74. The summed E-state index contributed by atoms with van der Waals surface area (Å²) in [6, 6.07) is 0. The van der Waals surface area contributed by atoms with Gasteiger partial charge in [-0.2, -0.15) is 5.10 Å². The smallest absolute Gasteiger partial charge is 0.241 e. The highest BCUT2D eigenvalue weighted by Gasteiger charge is 2.23. The van der Waals surface area contributed by atoms with Crippen LogP contribution in [0.4, 0.5) is 0 Å². The summed E-state index contributed by atoms with van der Waals surface area (Å²) >= 11 is 0. The maximum Gasteiger partial charge on any atom is 0.241 e. The molecule has 2 rings (SSSR count). The van der Waals surface area contributed by atoms with E-state index in [0.717, 1.165) is 25.9 Å². The molecule has 1 aliphatic rings. The summed E-state index contributed by atoms with van der Waals surface area (Å²) in [5.41, 5.74) is 1.04. The highest BCUT2D eigenvalue weighted by atomic mass is 32.2. The molecule has 1 fully saturated rings. The summed E-state index contributed by atoms with van der Waals surface area (Å²) in [5, 5.41) is 9.44. The second-order valence-electron chi connectivity index (χ2n) is 4.72. The van der Waals surface area contributed by atoms with Crippen LogP contribution >= 0.6 is 0 Å². The van der Waals surface area contributed by atoms with Crippen molar-refractivity contribution in [3.63, 3.8) is 0 Å². The van der Waals surface area contributed by atoms with Gasteiger partial charge in [-0.1, -0.05) is 0 Å². The van der Waals surface area contributed by atoms with Crippen molar-refractivity contribution in [3.8, 4) is 0 Å². The van der Waals surface area contributed by atoms with Crippen LogP contribution in [0.5, 0.6) is 0 Å². The molecule has 1 aromatic rings. The van der Waals surface area contributed by atoms with Crippen LogP contribution in [0.2, 0.25) is 0 Å². The van der Waals surface area contributed by atoms with Gasteiger partial charge in [0.2, 0.25) is 10.0 Å². The number of nitrogens with zero attached hydrogens (tertiary/aromatic N) is 2. The molecular weight excluding hydrogens is 254 g/mol. The number of primary sulfonamides is 1. The predicted octanol–water partition coefficient (Wildman–Crippen LogP) is 0.716. The number of ether oxygens (including phenoxy) is 1. The van der Waals surface area contributed by atoms with Gasteiger partial charge in [-0.3, -0.25) is 4.68 Å². The Morgan fingerprint density at radius 2 is 2.17 bits per heavy atom. The van der Waals surface area contributed by atoms with Crippen molar-refractivity contribution in [3.05, 3.63) is 11.4 Å². The lowest BCUT2D eigenvalue weighted by atomic mass is 10.1. The third-order valence-corrected chi connectivity index (χ3v) is 4.41. The van der Waals surface area contributed by atoms with Crippen LogP contribution in [0.1, 0.15) is 30.7 Å². The lowest BCUT2D eigenvalue weighted by molar-refractivity contribution is 0.00357. The van der Waals surface area contributed by atoms with E-state index in [9.17, 15) is 8.42 Å². The molecule has 2 N–H and O–H groups in total. The molecule has 1 aliphatic heterocycles. The van der Waals surface area contributed by atoms with Gasteiger partial charge in [0.05, 0.1) is 24.0 Å². The summed E-state index contributed by atoms with van der Waals surface area (Å²) < 4.78 is 30.3. The molecule has 102 valence electrons. The second-order valence-corrected chi connectivity index (χ2v) is 6.21. The number of sulfonamides is 1. The largest absolute Gasteiger partial charge is 0.376 e. The Labute approximate surface area is 107 Å². The van der Waals surface area contributed by atoms with Crippen molar-refractivity contribution in [2.45, 2.75) is 50.7 Å². The first kappa shape index (κ1) is 13.5. The van der Waals surface area contributed by atoms with Crippen molar-refractivity contribution >= 4 is 10.0 Å². The molecule has 1 saturated heterocycles. The van der Waals surface area contributed by atoms with Gasteiger partial charge in [0.1, 0.15) is 4.90 Å². The molecule has 0 aliphatic carbocycles. The second kappa shape index (κ2) is 4.99. The van der Waals surface area contributed by atoms with E-state index in [2.05, 4.69) is 5.10 Å². The average Bonchev–Trinajstić information content (AvgIpc) is 2.54. The number of nitrogens with two attached hydrogens (primary N) is 1. The summed E-state index contributed by atoms with van der Waals surface area (Å²) in [5.74, 6) is 0. The van der Waals surface area contributed by atoms with Gasteiger partial charge in [0.25, 0.3) is 0 Å². The molecule has 0 bridgehead atoms. The average molecular weight is 273 g/mol. The Hall–Kier alpha value is -0.920. The first-order chi connectivity index (χ1) is 8.39. The van der Waals surface area contributed by atoms with Crippen molar-refractivity contribution in [2.75, 3.05) is 6.61 Å². The zero-order valence-corrected chi connectivity index (χ0v) is 11.5. The molecule has 0 radical (unpaired) electrons. The van der Waals surface area contributed by atoms with E-state index in [1.54, 1.807) is 18.5 Å². The third-order valence-electron chi connectivity index (χ3n) is 3.25. The van der Waals surface area contributed by atoms with E-state index in [4.69, 9.17) is 9.88 Å². The van der Waals surface area contributed by atoms with Crippen molar-refractivity contribution in [2.24, 2.45) is 5.14 Å². The summed E-state index contributed by atoms with van der Waals surface area (Å²) in [4.78, 5) is 0.137. The Morgan fingerprint density at radius 3 is 2.67 bits per heavy atom. The van der Waals surface area contributed by atoms with Gasteiger partial charge in [0.15, 0.2) is 0 Å².